The lowest BCUT2D eigenvalue weighted by Crippen LogP contribution is -2.07. The van der Waals surface area contributed by atoms with Crippen LogP contribution in [0, 0.1) is 18.3 Å². The Balaban J connectivity index is 2.15. The third-order valence-electron chi connectivity index (χ3n) is 3.87. The minimum atomic E-state index is -0.898. The molecule has 0 saturated carbocycles. The average Bonchev–Trinajstić information content (AvgIpc) is 2.90. The van der Waals surface area contributed by atoms with Crippen molar-refractivity contribution in [3.63, 3.8) is 0 Å². The number of carboxylic acid groups (broad SMARTS) is 1. The maximum atomic E-state index is 11.1. The standard InChI is InChI=1S/C20H16N2O2/c1-14-5-4-6-15(9-14)16(11-21)10-17-12-22(13-20(23)24)19-8-3-2-7-18(17)19/h2-10,12H,13H2,1H3,(H,23,24)/b16-10-. The third kappa shape index (κ3) is 3.06. The van der Waals surface area contributed by atoms with Crippen LogP contribution in [0.15, 0.2) is 54.7 Å². The number of allylic oxidation sites excluding steroid dienone is 1. The summed E-state index contributed by atoms with van der Waals surface area (Å²) in [6, 6.07) is 17.6. The number of fused-ring (bicyclic) bond motifs is 1. The van der Waals surface area contributed by atoms with Gasteiger partial charge in [-0.05, 0) is 24.6 Å². The zero-order chi connectivity index (χ0) is 17.1. The maximum absolute atomic E-state index is 11.1. The highest BCUT2D eigenvalue weighted by atomic mass is 16.4. The number of nitriles is 1. The highest BCUT2D eigenvalue weighted by molar-refractivity contribution is 5.98. The second kappa shape index (κ2) is 6.43. The van der Waals surface area contributed by atoms with E-state index in [0.29, 0.717) is 5.57 Å². The van der Waals surface area contributed by atoms with E-state index in [1.807, 2.05) is 61.5 Å². The van der Waals surface area contributed by atoms with Crippen LogP contribution in [-0.4, -0.2) is 15.6 Å². The molecule has 4 heteroatoms. The van der Waals surface area contributed by atoms with E-state index in [0.717, 1.165) is 27.6 Å². The van der Waals surface area contributed by atoms with Crippen molar-refractivity contribution in [2.75, 3.05) is 0 Å². The SMILES string of the molecule is Cc1cccc(/C(C#N)=C\c2cn(CC(=O)O)c3ccccc23)c1. The van der Waals surface area contributed by atoms with Gasteiger partial charge in [-0.3, -0.25) is 4.79 Å². The van der Waals surface area contributed by atoms with Crippen molar-refractivity contribution in [3.05, 3.63) is 71.4 Å². The normalized spacial score (nSPS) is 11.4. The Morgan fingerprint density at radius 3 is 2.75 bits per heavy atom. The number of hydrogen-bond acceptors (Lipinski definition) is 2. The summed E-state index contributed by atoms with van der Waals surface area (Å²) in [6.07, 6.45) is 3.60. The van der Waals surface area contributed by atoms with E-state index in [9.17, 15) is 10.1 Å². The first kappa shape index (κ1) is 15.6. The van der Waals surface area contributed by atoms with E-state index in [1.54, 1.807) is 10.8 Å². The summed E-state index contributed by atoms with van der Waals surface area (Å²) in [5, 5.41) is 19.6. The van der Waals surface area contributed by atoms with Crippen LogP contribution in [0.25, 0.3) is 22.6 Å². The molecule has 118 valence electrons. The van der Waals surface area contributed by atoms with Crippen LogP contribution in [-0.2, 0) is 11.3 Å². The van der Waals surface area contributed by atoms with Crippen LogP contribution in [0.2, 0.25) is 0 Å². The van der Waals surface area contributed by atoms with Crippen LogP contribution in [0.3, 0.4) is 0 Å². The number of rotatable bonds is 4. The zero-order valence-electron chi connectivity index (χ0n) is 13.2. The van der Waals surface area contributed by atoms with Gasteiger partial charge in [-0.1, -0.05) is 48.0 Å². The Morgan fingerprint density at radius 2 is 2.04 bits per heavy atom. The minimum Gasteiger partial charge on any atom is -0.480 e. The first-order chi connectivity index (χ1) is 11.6. The molecule has 0 atom stereocenters. The molecule has 0 radical (unpaired) electrons. The van der Waals surface area contributed by atoms with Gasteiger partial charge in [0.25, 0.3) is 0 Å². The number of hydrogen-bond donors (Lipinski definition) is 1. The summed E-state index contributed by atoms with van der Waals surface area (Å²) < 4.78 is 1.69. The summed E-state index contributed by atoms with van der Waals surface area (Å²) in [4.78, 5) is 11.1. The number of aliphatic carboxylic acids is 1. The quantitative estimate of drug-likeness (QED) is 0.737. The molecule has 0 aliphatic carbocycles. The van der Waals surface area contributed by atoms with Gasteiger partial charge in [0.2, 0.25) is 0 Å². The van der Waals surface area contributed by atoms with Gasteiger partial charge < -0.3 is 9.67 Å². The minimum absolute atomic E-state index is 0.110. The van der Waals surface area contributed by atoms with Gasteiger partial charge in [0.1, 0.15) is 6.54 Å². The number of para-hydroxylation sites is 1. The average molecular weight is 316 g/mol. The molecule has 2 aromatic carbocycles. The third-order valence-corrected chi connectivity index (χ3v) is 3.87. The van der Waals surface area contributed by atoms with Crippen molar-refractivity contribution in [1.29, 1.82) is 5.26 Å². The molecule has 3 aromatic rings. The second-order valence-electron chi connectivity index (χ2n) is 5.66. The first-order valence-corrected chi connectivity index (χ1v) is 7.57. The van der Waals surface area contributed by atoms with E-state index in [1.165, 1.54) is 0 Å². The van der Waals surface area contributed by atoms with Gasteiger partial charge in [-0.15, -0.1) is 0 Å². The van der Waals surface area contributed by atoms with Crippen molar-refractivity contribution in [2.24, 2.45) is 0 Å². The fourth-order valence-corrected chi connectivity index (χ4v) is 2.81. The topological polar surface area (TPSA) is 66.0 Å². The highest BCUT2D eigenvalue weighted by Gasteiger charge is 2.10. The molecule has 1 aromatic heterocycles. The predicted octanol–water partition coefficient (Wildman–Crippen LogP) is 4.10. The van der Waals surface area contributed by atoms with Gasteiger partial charge in [-0.2, -0.15) is 5.26 Å². The summed E-state index contributed by atoms with van der Waals surface area (Å²) >= 11 is 0. The molecule has 0 amide bonds. The molecule has 0 aliphatic heterocycles. The van der Waals surface area contributed by atoms with Gasteiger partial charge in [0, 0.05) is 22.7 Å². The Bertz CT molecular complexity index is 990. The Morgan fingerprint density at radius 1 is 1.25 bits per heavy atom. The van der Waals surface area contributed by atoms with Crippen molar-refractivity contribution in [3.8, 4) is 6.07 Å². The highest BCUT2D eigenvalue weighted by Crippen LogP contribution is 2.26. The fourth-order valence-electron chi connectivity index (χ4n) is 2.81. The van der Waals surface area contributed by atoms with Gasteiger partial charge in [0.15, 0.2) is 0 Å². The lowest BCUT2D eigenvalue weighted by molar-refractivity contribution is -0.137. The van der Waals surface area contributed by atoms with E-state index in [-0.39, 0.29) is 6.54 Å². The monoisotopic (exact) mass is 316 g/mol. The summed E-state index contributed by atoms with van der Waals surface area (Å²) in [6.45, 7) is 1.87. The van der Waals surface area contributed by atoms with E-state index in [4.69, 9.17) is 5.11 Å². The predicted molar refractivity (Wildman–Crippen MR) is 94.2 cm³/mol. The fraction of sp³-hybridized carbons (Fsp3) is 0.100. The zero-order valence-corrected chi connectivity index (χ0v) is 13.2. The number of carboxylic acids is 1. The van der Waals surface area contributed by atoms with E-state index >= 15 is 0 Å². The smallest absolute Gasteiger partial charge is 0.323 e. The molecule has 0 aliphatic rings. The Hall–Kier alpha value is -3.32. The van der Waals surface area contributed by atoms with Crippen LogP contribution in [0.4, 0.5) is 0 Å². The van der Waals surface area contributed by atoms with Crippen LogP contribution in [0.1, 0.15) is 16.7 Å². The van der Waals surface area contributed by atoms with Gasteiger partial charge in [0.05, 0.1) is 11.6 Å². The second-order valence-corrected chi connectivity index (χ2v) is 5.66. The van der Waals surface area contributed by atoms with Gasteiger partial charge in [-0.25, -0.2) is 0 Å². The molecule has 0 unspecified atom stereocenters. The van der Waals surface area contributed by atoms with E-state index in [2.05, 4.69) is 6.07 Å². The molecule has 0 fully saturated rings. The molecular weight excluding hydrogens is 300 g/mol. The van der Waals surface area contributed by atoms with Crippen LogP contribution >= 0.6 is 0 Å². The largest absolute Gasteiger partial charge is 0.480 e. The Labute approximate surface area is 139 Å². The van der Waals surface area contributed by atoms with E-state index < -0.39 is 5.97 Å². The lowest BCUT2D eigenvalue weighted by atomic mass is 10.0. The molecule has 0 bridgehead atoms. The van der Waals surface area contributed by atoms with Gasteiger partial charge >= 0.3 is 5.97 Å². The van der Waals surface area contributed by atoms with Crippen molar-refractivity contribution in [2.45, 2.75) is 13.5 Å². The summed E-state index contributed by atoms with van der Waals surface area (Å²) in [5.74, 6) is -0.898. The van der Waals surface area contributed by atoms with Crippen LogP contribution < -0.4 is 0 Å². The number of benzene rings is 2. The first-order valence-electron chi connectivity index (χ1n) is 7.57. The molecule has 0 saturated heterocycles. The molecule has 1 heterocycles. The molecular formula is C20H16N2O2. The lowest BCUT2D eigenvalue weighted by Gasteiger charge is -2.00. The van der Waals surface area contributed by atoms with Crippen LogP contribution in [0.5, 0.6) is 0 Å². The van der Waals surface area contributed by atoms with Crippen molar-refractivity contribution in [1.82, 2.24) is 4.57 Å². The number of carbonyl (C=O) groups is 1. The summed E-state index contributed by atoms with van der Waals surface area (Å²) in [7, 11) is 0. The molecule has 4 nitrogen and oxygen atoms in total. The molecule has 0 spiro atoms. The summed E-state index contributed by atoms with van der Waals surface area (Å²) in [5.41, 5.74) is 4.17. The number of nitrogens with zero attached hydrogens (tertiary/aromatic N) is 2. The maximum Gasteiger partial charge on any atom is 0.323 e. The van der Waals surface area contributed by atoms with Crippen molar-refractivity contribution < 1.29 is 9.90 Å². The number of aromatic nitrogens is 1. The molecule has 1 N–H and O–H groups in total. The molecule has 24 heavy (non-hydrogen) atoms. The molecule has 3 rings (SSSR count). The number of aryl methyl sites for hydroxylation is 1. The van der Waals surface area contributed by atoms with Crippen molar-refractivity contribution >= 4 is 28.5 Å². The Kier molecular flexibility index (Phi) is 4.17.